The van der Waals surface area contributed by atoms with E-state index in [1.54, 1.807) is 27.5 Å². The van der Waals surface area contributed by atoms with Gasteiger partial charge in [0.25, 0.3) is 0 Å². The molecule has 0 amide bonds. The monoisotopic (exact) mass is 384 g/mol. The van der Waals surface area contributed by atoms with Crippen molar-refractivity contribution in [1.29, 1.82) is 0 Å². The molecular weight excluding hydrogens is 372 g/mol. The van der Waals surface area contributed by atoms with Crippen LogP contribution in [-0.2, 0) is 6.54 Å². The van der Waals surface area contributed by atoms with Gasteiger partial charge in [-0.25, -0.2) is 19.0 Å². The topological polar surface area (TPSA) is 111 Å². The van der Waals surface area contributed by atoms with E-state index >= 15 is 0 Å². The van der Waals surface area contributed by atoms with Crippen LogP contribution in [0.2, 0.25) is 0 Å². The van der Waals surface area contributed by atoms with Crippen LogP contribution in [-0.4, -0.2) is 29.6 Å². The van der Waals surface area contributed by atoms with Gasteiger partial charge in [-0.3, -0.25) is 9.89 Å². The maximum Gasteiger partial charge on any atom is 0.348 e. The summed E-state index contributed by atoms with van der Waals surface area (Å²) in [4.78, 5) is 28.9. The van der Waals surface area contributed by atoms with Gasteiger partial charge in [-0.05, 0) is 30.3 Å². The molecule has 6 aromatic rings. The summed E-state index contributed by atoms with van der Waals surface area (Å²) in [7, 11) is 0. The Morgan fingerprint density at radius 2 is 1.93 bits per heavy atom. The standard InChI is InChI=1S/C20H12N6O3/c27-11-5-6-12-13-7-8-25-19(18(13)20(28)29-16(12)9-11)21-17(23-25)10-26-15-4-2-1-3-14(15)22-24-26/h1-9H,10H2,(H,21,23). The molecule has 0 fully saturated rings. The first kappa shape index (κ1) is 15.8. The maximum absolute atomic E-state index is 12.7. The Kier molecular flexibility index (Phi) is 3.05. The molecular formula is C20H12N6O3. The number of nitrogens with one attached hydrogen (secondary N) is 1. The summed E-state index contributed by atoms with van der Waals surface area (Å²) in [6.45, 7) is 0.363. The highest BCUT2D eigenvalue weighted by Gasteiger charge is 2.15. The first-order chi connectivity index (χ1) is 14.2. The number of hydrogen-bond donors (Lipinski definition) is 1. The van der Waals surface area contributed by atoms with Crippen LogP contribution >= 0.6 is 0 Å². The number of para-hydroxylation sites is 1. The number of pyridine rings is 1. The maximum atomic E-state index is 12.7. The molecule has 0 aliphatic carbocycles. The van der Waals surface area contributed by atoms with Crippen molar-refractivity contribution in [2.45, 2.75) is 6.54 Å². The number of nitrogens with zero attached hydrogens (tertiary/aromatic N) is 5. The molecule has 140 valence electrons. The Morgan fingerprint density at radius 1 is 1.03 bits per heavy atom. The van der Waals surface area contributed by atoms with Crippen molar-refractivity contribution in [2.75, 3.05) is 0 Å². The second-order valence-electron chi connectivity index (χ2n) is 6.75. The van der Waals surface area contributed by atoms with E-state index in [1.807, 2.05) is 24.3 Å². The molecule has 0 unspecified atom stereocenters. The zero-order chi connectivity index (χ0) is 19.5. The highest BCUT2D eigenvalue weighted by atomic mass is 16.4. The van der Waals surface area contributed by atoms with Crippen molar-refractivity contribution in [3.8, 4) is 0 Å². The van der Waals surface area contributed by atoms with E-state index in [9.17, 15) is 9.59 Å². The van der Waals surface area contributed by atoms with Gasteiger partial charge >= 0.3 is 5.63 Å². The predicted molar refractivity (Wildman–Crippen MR) is 106 cm³/mol. The van der Waals surface area contributed by atoms with E-state index in [1.165, 1.54) is 12.1 Å². The minimum atomic E-state index is -0.541. The van der Waals surface area contributed by atoms with E-state index in [2.05, 4.69) is 20.4 Å². The lowest BCUT2D eigenvalue weighted by Crippen LogP contribution is -2.05. The quantitative estimate of drug-likeness (QED) is 0.361. The van der Waals surface area contributed by atoms with E-state index in [0.29, 0.717) is 34.2 Å². The molecule has 0 aliphatic heterocycles. The van der Waals surface area contributed by atoms with Crippen LogP contribution in [0.4, 0.5) is 0 Å². The first-order valence-electron chi connectivity index (χ1n) is 8.92. The normalized spacial score (nSPS) is 11.9. The van der Waals surface area contributed by atoms with Gasteiger partial charge in [0.05, 0.1) is 5.52 Å². The fraction of sp³-hybridized carbons (Fsp3) is 0.0500. The van der Waals surface area contributed by atoms with Gasteiger partial charge < -0.3 is 4.42 Å². The van der Waals surface area contributed by atoms with E-state index < -0.39 is 5.63 Å². The lowest BCUT2D eigenvalue weighted by molar-refractivity contribution is 0.569. The number of fused-ring (bicyclic) bond motifs is 6. The summed E-state index contributed by atoms with van der Waals surface area (Å²) in [5, 5.41) is 13.2. The second-order valence-corrected chi connectivity index (χ2v) is 6.75. The van der Waals surface area contributed by atoms with Gasteiger partial charge in [-0.2, -0.15) is 0 Å². The Bertz CT molecular complexity index is 1690. The Balaban J connectivity index is 1.57. The Labute approximate surface area is 160 Å². The molecule has 0 atom stereocenters. The SMILES string of the molecule is O=c1ccc2c(c1)oc(=O)c1c2ccn2[nH]c(Cn3nnc4ccccc43)nc12. The van der Waals surface area contributed by atoms with Crippen molar-refractivity contribution >= 4 is 38.4 Å². The molecule has 6 rings (SSSR count). The fourth-order valence-electron chi connectivity index (χ4n) is 3.67. The molecule has 4 heterocycles. The van der Waals surface area contributed by atoms with Gasteiger partial charge in [-0.1, -0.05) is 17.3 Å². The van der Waals surface area contributed by atoms with Gasteiger partial charge in [-0.15, -0.1) is 5.10 Å². The molecule has 0 aliphatic rings. The molecule has 0 saturated carbocycles. The van der Waals surface area contributed by atoms with Crippen molar-refractivity contribution in [2.24, 2.45) is 0 Å². The van der Waals surface area contributed by atoms with Crippen LogP contribution in [0.25, 0.3) is 38.4 Å². The van der Waals surface area contributed by atoms with Crippen molar-refractivity contribution in [3.63, 3.8) is 0 Å². The van der Waals surface area contributed by atoms with Crippen LogP contribution < -0.4 is 11.1 Å². The van der Waals surface area contributed by atoms with E-state index in [-0.39, 0.29) is 11.0 Å². The zero-order valence-corrected chi connectivity index (χ0v) is 14.9. The van der Waals surface area contributed by atoms with Crippen molar-refractivity contribution < 1.29 is 4.42 Å². The molecule has 9 heteroatoms. The average Bonchev–Trinajstić information content (AvgIpc) is 3.31. The van der Waals surface area contributed by atoms with Crippen LogP contribution in [0.5, 0.6) is 0 Å². The summed E-state index contributed by atoms with van der Waals surface area (Å²) in [6, 6.07) is 13.9. The predicted octanol–water partition coefficient (Wildman–Crippen LogP) is 2.08. The summed E-state index contributed by atoms with van der Waals surface area (Å²) in [5.74, 6) is 0.613. The smallest absolute Gasteiger partial charge is 0.348 e. The van der Waals surface area contributed by atoms with E-state index in [4.69, 9.17) is 4.42 Å². The number of hydrogen-bond acceptors (Lipinski definition) is 6. The molecule has 1 N–H and O–H groups in total. The molecule has 4 aromatic heterocycles. The third-order valence-corrected chi connectivity index (χ3v) is 4.97. The number of aromatic nitrogens is 6. The number of benzene rings is 2. The molecule has 0 radical (unpaired) electrons. The van der Waals surface area contributed by atoms with Crippen LogP contribution in [0.3, 0.4) is 0 Å². The second kappa shape index (κ2) is 5.61. The summed E-state index contributed by atoms with van der Waals surface area (Å²) < 4.78 is 8.79. The largest absolute Gasteiger partial charge is 0.422 e. The average molecular weight is 384 g/mol. The Morgan fingerprint density at radius 3 is 2.86 bits per heavy atom. The number of aromatic amines is 1. The van der Waals surface area contributed by atoms with Gasteiger partial charge in [0.15, 0.2) is 11.1 Å². The molecule has 29 heavy (non-hydrogen) atoms. The highest BCUT2D eigenvalue weighted by Crippen LogP contribution is 2.24. The molecule has 0 saturated heterocycles. The summed E-state index contributed by atoms with van der Waals surface area (Å²) in [5.41, 5.74) is 1.65. The summed E-state index contributed by atoms with van der Waals surface area (Å²) in [6.07, 6.45) is 1.79. The first-order valence-corrected chi connectivity index (χ1v) is 8.92. The fourth-order valence-corrected chi connectivity index (χ4v) is 3.67. The number of H-pyrrole nitrogens is 1. The van der Waals surface area contributed by atoms with Gasteiger partial charge in [0.2, 0.25) is 0 Å². The molecule has 0 spiro atoms. The third-order valence-electron chi connectivity index (χ3n) is 4.97. The van der Waals surface area contributed by atoms with Crippen LogP contribution in [0.15, 0.2) is 68.7 Å². The van der Waals surface area contributed by atoms with E-state index in [0.717, 1.165) is 11.0 Å². The highest BCUT2D eigenvalue weighted by molar-refractivity contribution is 6.08. The van der Waals surface area contributed by atoms with Crippen molar-refractivity contribution in [1.82, 2.24) is 29.6 Å². The van der Waals surface area contributed by atoms with Crippen LogP contribution in [0.1, 0.15) is 5.82 Å². The lowest BCUT2D eigenvalue weighted by atomic mass is 10.1. The number of rotatable bonds is 2. The molecule has 9 nitrogen and oxygen atoms in total. The third kappa shape index (κ3) is 2.30. The van der Waals surface area contributed by atoms with Gasteiger partial charge in [0, 0.05) is 23.0 Å². The van der Waals surface area contributed by atoms with Gasteiger partial charge in [0.1, 0.15) is 28.9 Å². The minimum absolute atomic E-state index is 0.211. The van der Waals surface area contributed by atoms with Crippen molar-refractivity contribution in [3.05, 3.63) is 81.2 Å². The zero-order valence-electron chi connectivity index (χ0n) is 14.9. The minimum Gasteiger partial charge on any atom is -0.422 e. The molecule has 2 aromatic carbocycles. The Hall–Kier alpha value is -4.27. The summed E-state index contributed by atoms with van der Waals surface area (Å²) >= 11 is 0. The molecule has 0 bridgehead atoms. The van der Waals surface area contributed by atoms with Crippen LogP contribution in [0, 0.1) is 0 Å². The lowest BCUT2D eigenvalue weighted by Gasteiger charge is -2.02.